The van der Waals surface area contributed by atoms with Crippen LogP contribution in [0.5, 0.6) is 0 Å². The van der Waals surface area contributed by atoms with Crippen molar-refractivity contribution in [2.75, 3.05) is 16.4 Å². The number of hydrogen-bond donors (Lipinski definition) is 3. The molecule has 2 aliphatic rings. The van der Waals surface area contributed by atoms with Crippen LogP contribution in [-0.2, 0) is 12.8 Å². The van der Waals surface area contributed by atoms with Gasteiger partial charge >= 0.3 is 0 Å². The summed E-state index contributed by atoms with van der Waals surface area (Å²) in [6.45, 7) is 8.39. The number of nitrogens with two attached hydrogens (primary N) is 1. The van der Waals surface area contributed by atoms with Crippen molar-refractivity contribution in [2.24, 2.45) is 0 Å². The van der Waals surface area contributed by atoms with Gasteiger partial charge in [-0.1, -0.05) is 33.8 Å². The van der Waals surface area contributed by atoms with Gasteiger partial charge in [0.25, 0.3) is 11.8 Å². The third-order valence-corrected chi connectivity index (χ3v) is 9.07. The molecule has 2 atom stereocenters. The van der Waals surface area contributed by atoms with Crippen molar-refractivity contribution in [3.05, 3.63) is 132 Å². The number of aryl methyl sites for hydroxylation is 2. The number of pyridine rings is 3. The molecule has 7 heterocycles. The minimum atomic E-state index is -0.232. The van der Waals surface area contributed by atoms with Gasteiger partial charge in [-0.3, -0.25) is 14.9 Å². The molecule has 14 nitrogen and oxygen atoms in total. The highest BCUT2D eigenvalue weighted by molar-refractivity contribution is 6.08. The minimum absolute atomic E-state index is 0.170. The van der Waals surface area contributed by atoms with Crippen molar-refractivity contribution in [1.82, 2.24) is 43.7 Å². The Labute approximate surface area is 307 Å². The van der Waals surface area contributed by atoms with Crippen LogP contribution in [0.3, 0.4) is 0 Å². The highest BCUT2D eigenvalue weighted by Gasteiger charge is 2.26. The van der Waals surface area contributed by atoms with Crippen molar-refractivity contribution < 1.29 is 9.59 Å². The van der Waals surface area contributed by atoms with Crippen LogP contribution in [-0.4, -0.2) is 55.5 Å². The number of amides is 2. The number of carbonyl (C=O) groups excluding carboxylic acids is 2. The fourth-order valence-electron chi connectivity index (χ4n) is 6.52. The van der Waals surface area contributed by atoms with Crippen LogP contribution in [0.1, 0.15) is 95.6 Å². The van der Waals surface area contributed by atoms with Gasteiger partial charge in [0.1, 0.15) is 17.1 Å². The Morgan fingerprint density at radius 2 is 1.13 bits per heavy atom. The molecule has 9 rings (SSSR count). The lowest BCUT2D eigenvalue weighted by atomic mass is 10.0. The lowest BCUT2D eigenvalue weighted by Crippen LogP contribution is -2.16. The fourth-order valence-corrected chi connectivity index (χ4v) is 6.52. The van der Waals surface area contributed by atoms with Crippen molar-refractivity contribution in [2.45, 2.75) is 65.2 Å². The molecule has 0 radical (unpaired) electrons. The molecule has 0 saturated heterocycles. The largest absolute Gasteiger partial charge is 0.368 e. The lowest BCUT2D eigenvalue weighted by Gasteiger charge is -2.11. The first kappa shape index (κ1) is 36.2. The van der Waals surface area contributed by atoms with Gasteiger partial charge in [-0.25, -0.2) is 34.9 Å². The van der Waals surface area contributed by atoms with Gasteiger partial charge in [0.05, 0.1) is 11.1 Å². The maximum atomic E-state index is 12.6. The van der Waals surface area contributed by atoms with E-state index in [-0.39, 0.29) is 11.8 Å². The zero-order valence-electron chi connectivity index (χ0n) is 30.1. The Morgan fingerprint density at radius 1 is 0.642 bits per heavy atom. The number of nitrogens with one attached hydrogen (secondary N) is 2. The number of imidazole rings is 2. The molecule has 14 heteroatoms. The van der Waals surface area contributed by atoms with Crippen LogP contribution in [0.4, 0.5) is 17.7 Å². The average Bonchev–Trinajstić information content (AvgIpc) is 4.01. The second-order valence-electron chi connectivity index (χ2n) is 12.3. The first-order chi connectivity index (χ1) is 25.9. The molecule has 0 fully saturated rings. The molecule has 4 N–H and O–H groups in total. The number of aromatic nitrogens is 9. The maximum absolute atomic E-state index is 12.6. The second kappa shape index (κ2) is 16.6. The Balaban J connectivity index is 0.000000148. The van der Waals surface area contributed by atoms with E-state index in [1.165, 1.54) is 22.5 Å². The molecule has 7 aromatic heterocycles. The van der Waals surface area contributed by atoms with Crippen molar-refractivity contribution in [1.29, 1.82) is 0 Å². The number of anilines is 3. The zero-order chi connectivity index (χ0) is 37.3. The topological polar surface area (TPSA) is 183 Å². The van der Waals surface area contributed by atoms with Crippen LogP contribution < -0.4 is 16.4 Å². The van der Waals surface area contributed by atoms with Gasteiger partial charge in [-0.15, -0.1) is 0 Å². The van der Waals surface area contributed by atoms with Gasteiger partial charge in [-0.05, 0) is 85.0 Å². The van der Waals surface area contributed by atoms with Gasteiger partial charge in [0, 0.05) is 67.2 Å². The van der Waals surface area contributed by atoms with Gasteiger partial charge < -0.3 is 19.9 Å². The van der Waals surface area contributed by atoms with E-state index < -0.39 is 0 Å². The number of rotatable bonds is 4. The quantitative estimate of drug-likeness (QED) is 0.181. The molecule has 0 aliphatic heterocycles. The van der Waals surface area contributed by atoms with Crippen molar-refractivity contribution >= 4 is 40.8 Å². The summed E-state index contributed by atoms with van der Waals surface area (Å²) in [4.78, 5) is 53.4. The molecule has 2 amide bonds. The van der Waals surface area contributed by atoms with E-state index in [0.717, 1.165) is 25.7 Å². The Bertz CT molecular complexity index is 2160. The molecule has 2 unspecified atom stereocenters. The highest BCUT2D eigenvalue weighted by Crippen LogP contribution is 2.35. The Kier molecular flexibility index (Phi) is 11.4. The summed E-state index contributed by atoms with van der Waals surface area (Å²) in [7, 11) is 0. The number of fused-ring (bicyclic) bond motifs is 6. The fraction of sp³-hybridized carbons (Fsp3) is 0.256. The van der Waals surface area contributed by atoms with E-state index in [2.05, 4.69) is 59.4 Å². The van der Waals surface area contributed by atoms with E-state index >= 15 is 0 Å². The van der Waals surface area contributed by atoms with Crippen molar-refractivity contribution in [3.63, 3.8) is 0 Å². The molecular formula is C39H42N12O2. The van der Waals surface area contributed by atoms with E-state index in [1.54, 1.807) is 61.6 Å². The predicted octanol–water partition coefficient (Wildman–Crippen LogP) is 6.54. The zero-order valence-corrected chi connectivity index (χ0v) is 30.1. The molecule has 53 heavy (non-hydrogen) atoms. The van der Waals surface area contributed by atoms with Gasteiger partial charge in [-0.2, -0.15) is 0 Å². The molecule has 0 aromatic carbocycles. The molecule has 0 spiro atoms. The summed E-state index contributed by atoms with van der Waals surface area (Å²) in [5.74, 6) is 1.70. The van der Waals surface area contributed by atoms with Gasteiger partial charge in [0.15, 0.2) is 0 Å². The van der Waals surface area contributed by atoms with Crippen LogP contribution in [0.25, 0.3) is 11.3 Å². The molecule has 0 saturated carbocycles. The highest BCUT2D eigenvalue weighted by atomic mass is 16.2. The predicted molar refractivity (Wildman–Crippen MR) is 204 cm³/mol. The average molecular weight is 711 g/mol. The summed E-state index contributed by atoms with van der Waals surface area (Å²) in [5.41, 5.74) is 12.7. The second-order valence-corrected chi connectivity index (χ2v) is 12.3. The van der Waals surface area contributed by atoms with Crippen LogP contribution in [0, 0.1) is 0 Å². The lowest BCUT2D eigenvalue weighted by molar-refractivity contribution is 0.101. The standard InChI is InChI=1S/C17H16N4O.C16H15N5O.C4H5N3.C2H6/c1-11-5-6-14-12(11)10-13(16-19-8-9-21(14)16)17(22)20-15-4-2-3-7-18-15;1-10-3-4-13-11(10)9-12(14-17-7-8-21(13)14)15(22)20-16-18-5-2-6-19-16;5-4-6-2-1-3-7-4;1-2/h2-4,7-11H,5-6H2,1H3,(H,18,20,22);2,5-10H,3-4H2,1H3,(H,18,19,20,22);1-3H,(H2,5,6,7);1-2H3. The maximum Gasteiger partial charge on any atom is 0.261 e. The number of nitrogens with zero attached hydrogens (tertiary/aromatic N) is 9. The number of hydrogen-bond acceptors (Lipinski definition) is 10. The normalized spacial score (nSPS) is 15.1. The smallest absolute Gasteiger partial charge is 0.261 e. The molecule has 2 aliphatic carbocycles. The molecule has 7 aromatic rings. The summed E-state index contributed by atoms with van der Waals surface area (Å²) in [6.07, 6.45) is 19.7. The van der Waals surface area contributed by atoms with E-state index in [4.69, 9.17) is 5.73 Å². The molecule has 0 bridgehead atoms. The van der Waals surface area contributed by atoms with Crippen LogP contribution in [0.2, 0.25) is 0 Å². The summed E-state index contributed by atoms with van der Waals surface area (Å²) < 4.78 is 4.08. The van der Waals surface area contributed by atoms with Crippen LogP contribution in [0.15, 0.2) is 98.2 Å². The van der Waals surface area contributed by atoms with E-state index in [9.17, 15) is 9.59 Å². The minimum Gasteiger partial charge on any atom is -0.368 e. The van der Waals surface area contributed by atoms with Crippen molar-refractivity contribution in [3.8, 4) is 0 Å². The summed E-state index contributed by atoms with van der Waals surface area (Å²) in [5, 5.41) is 5.57. The monoisotopic (exact) mass is 710 g/mol. The first-order valence-corrected chi connectivity index (χ1v) is 17.7. The SMILES string of the molecule is CC.CC1CCc2c1cc(C(=O)Nc1ccccn1)c1nccn21.CC1CCc2c1cc(C(=O)Nc1ncccn1)c1nccn21.Nc1ncccn1. The summed E-state index contributed by atoms with van der Waals surface area (Å²) >= 11 is 0. The number of nitrogen functional groups attached to an aromatic ring is 1. The first-order valence-electron chi connectivity index (χ1n) is 17.7. The Hall–Kier alpha value is -6.57. The molecular weight excluding hydrogens is 669 g/mol. The number of carbonyl (C=O) groups is 2. The third-order valence-electron chi connectivity index (χ3n) is 9.07. The van der Waals surface area contributed by atoms with E-state index in [0.29, 0.717) is 52.0 Å². The Morgan fingerprint density at radius 3 is 1.60 bits per heavy atom. The third kappa shape index (κ3) is 8.01. The van der Waals surface area contributed by atoms with Gasteiger partial charge in [0.2, 0.25) is 11.9 Å². The van der Waals surface area contributed by atoms with E-state index in [1.807, 2.05) is 59.3 Å². The van der Waals surface area contributed by atoms with Crippen LogP contribution >= 0.6 is 0 Å². The summed E-state index contributed by atoms with van der Waals surface area (Å²) in [6, 6.07) is 12.8. The molecule has 270 valence electrons.